The minimum absolute atomic E-state index is 0.0109. The number of aliphatic imine (C=N–C) groups is 1. The van der Waals surface area contributed by atoms with Gasteiger partial charge in [0.2, 0.25) is 11.8 Å². The average Bonchev–Trinajstić information content (AvgIpc) is 3.84. The van der Waals surface area contributed by atoms with Crippen LogP contribution in [0.25, 0.3) is 21.2 Å². The first-order valence-corrected chi connectivity index (χ1v) is 24.9. The zero-order valence-corrected chi connectivity index (χ0v) is 38.7. The number of amides is 5. The smallest absolute Gasteiger partial charge is 0.266 e. The highest BCUT2D eigenvalue weighted by Gasteiger charge is 2.46. The van der Waals surface area contributed by atoms with E-state index in [1.807, 2.05) is 25.1 Å². The van der Waals surface area contributed by atoms with Gasteiger partial charge in [-0.1, -0.05) is 44.2 Å². The van der Waals surface area contributed by atoms with Gasteiger partial charge in [0.25, 0.3) is 23.3 Å². The summed E-state index contributed by atoms with van der Waals surface area (Å²) in [7, 11) is -1.34. The van der Waals surface area contributed by atoms with Crippen molar-refractivity contribution in [1.29, 1.82) is 0 Å². The number of hydrogen-bond donors (Lipinski definition) is 3. The van der Waals surface area contributed by atoms with Crippen molar-refractivity contribution >= 4 is 72.4 Å². The average molecular weight is 943 g/mol. The Morgan fingerprint density at radius 1 is 0.879 bits per heavy atom. The maximum Gasteiger partial charge on any atom is 0.266 e. The number of benzene rings is 2. The van der Waals surface area contributed by atoms with Crippen LogP contribution in [0, 0.1) is 6.92 Å². The lowest BCUT2D eigenvalue weighted by atomic mass is 10.0. The monoisotopic (exact) mass is 942 g/mol. The highest BCUT2D eigenvalue weighted by molar-refractivity contribution is 7.91. The number of aromatic nitrogens is 1. The van der Waals surface area contributed by atoms with Crippen LogP contribution in [0.2, 0.25) is 0 Å². The standard InChI is InChI=1S/C47H54N6O11S2/c1-28-23-29(34-25-52(2)45(58)33-24-38(65-42(33)34)43(48)50-30-18-21-66(61,62)22-19-30)14-16-36(28)64-27-40(56)49-20-9-7-5-3-4-6-8-11-31(54)26-63-37-13-10-12-32-41(37)47(60)53(46(32)59)35-15-17-39(55)51-44(35)57/h10,12-14,16,23-25,30,35H,3-9,11,15,17-22,26-27H2,1-2H3,(H2,48,50)(H,49,56)(H,51,55,57). The number of nitrogens with one attached hydrogen (secondary N) is 2. The van der Waals surface area contributed by atoms with E-state index in [0.29, 0.717) is 48.2 Å². The molecule has 0 aliphatic carbocycles. The van der Waals surface area contributed by atoms with E-state index < -0.39 is 39.5 Å². The van der Waals surface area contributed by atoms with E-state index in [0.717, 1.165) is 64.8 Å². The van der Waals surface area contributed by atoms with Crippen molar-refractivity contribution < 1.29 is 46.7 Å². The van der Waals surface area contributed by atoms with Gasteiger partial charge in [0, 0.05) is 42.9 Å². The Balaban J connectivity index is 0.775. The van der Waals surface area contributed by atoms with Crippen LogP contribution in [0.4, 0.5) is 0 Å². The largest absolute Gasteiger partial charge is 0.485 e. The summed E-state index contributed by atoms with van der Waals surface area (Å²) in [4.78, 5) is 94.7. The maximum absolute atomic E-state index is 13.2. The molecule has 7 rings (SSSR count). The van der Waals surface area contributed by atoms with Gasteiger partial charge in [-0.25, -0.2) is 8.42 Å². The number of sulfone groups is 1. The molecule has 1 atom stereocenters. The Morgan fingerprint density at radius 3 is 2.32 bits per heavy atom. The summed E-state index contributed by atoms with van der Waals surface area (Å²) in [6, 6.07) is 10.7. The summed E-state index contributed by atoms with van der Waals surface area (Å²) >= 11 is 1.37. The van der Waals surface area contributed by atoms with Crippen LogP contribution < -0.4 is 31.4 Å². The van der Waals surface area contributed by atoms with Crippen molar-refractivity contribution in [2.45, 2.75) is 96.1 Å². The number of nitrogens with two attached hydrogens (primary N) is 1. The number of thiophene rings is 1. The van der Waals surface area contributed by atoms with Gasteiger partial charge in [-0.05, 0) is 80.5 Å². The first-order chi connectivity index (χ1) is 31.6. The Morgan fingerprint density at radius 2 is 1.59 bits per heavy atom. The van der Waals surface area contributed by atoms with E-state index in [9.17, 15) is 42.0 Å². The summed E-state index contributed by atoms with van der Waals surface area (Å²) in [5.41, 5.74) is 8.84. The molecule has 0 radical (unpaired) electrons. The number of rotatable bonds is 20. The third-order valence-electron chi connectivity index (χ3n) is 12.1. The second-order valence-corrected chi connectivity index (χ2v) is 20.4. The van der Waals surface area contributed by atoms with Crippen molar-refractivity contribution in [3.8, 4) is 22.6 Å². The molecule has 0 saturated carbocycles. The minimum atomic E-state index is -3.03. The summed E-state index contributed by atoms with van der Waals surface area (Å²) in [5, 5.41) is 5.60. The van der Waals surface area contributed by atoms with Gasteiger partial charge in [-0.15, -0.1) is 11.3 Å². The first-order valence-electron chi connectivity index (χ1n) is 22.3. The fourth-order valence-electron chi connectivity index (χ4n) is 8.42. The molecule has 19 heteroatoms. The number of hydrogen-bond acceptors (Lipinski definition) is 13. The van der Waals surface area contributed by atoms with Gasteiger partial charge >= 0.3 is 0 Å². The Kier molecular flexibility index (Phi) is 15.2. The van der Waals surface area contributed by atoms with E-state index in [2.05, 4.69) is 15.6 Å². The molecule has 2 aromatic heterocycles. The molecule has 3 aliphatic rings. The molecule has 17 nitrogen and oxygen atoms in total. The van der Waals surface area contributed by atoms with E-state index in [1.165, 1.54) is 28.0 Å². The third-order valence-corrected chi connectivity index (χ3v) is 15.0. The lowest BCUT2D eigenvalue weighted by Gasteiger charge is -2.27. The number of imide groups is 2. The van der Waals surface area contributed by atoms with E-state index in [1.54, 1.807) is 25.4 Å². The van der Waals surface area contributed by atoms with Gasteiger partial charge in [0.15, 0.2) is 12.4 Å². The number of carbonyl (C=O) groups excluding carboxylic acids is 6. The molecule has 0 spiro atoms. The molecule has 350 valence electrons. The number of fused-ring (bicyclic) bond motifs is 2. The second kappa shape index (κ2) is 21.0. The van der Waals surface area contributed by atoms with Gasteiger partial charge < -0.3 is 25.1 Å². The number of piperidine rings is 1. The van der Waals surface area contributed by atoms with Crippen LogP contribution in [0.15, 0.2) is 58.4 Å². The van der Waals surface area contributed by atoms with Gasteiger partial charge in [-0.3, -0.25) is 48.8 Å². The fraction of sp³-hybridized carbons (Fsp3) is 0.447. The molecule has 66 heavy (non-hydrogen) atoms. The van der Waals surface area contributed by atoms with Crippen LogP contribution in [0.5, 0.6) is 11.5 Å². The van der Waals surface area contributed by atoms with Crippen molar-refractivity contribution in [1.82, 2.24) is 20.1 Å². The van der Waals surface area contributed by atoms with Gasteiger partial charge in [-0.2, -0.15) is 0 Å². The number of pyridine rings is 1. The van der Waals surface area contributed by atoms with Crippen LogP contribution in [-0.4, -0.2) is 102 Å². The zero-order valence-electron chi connectivity index (χ0n) is 37.0. The van der Waals surface area contributed by atoms with Crippen molar-refractivity contribution in [2.24, 2.45) is 17.8 Å². The van der Waals surface area contributed by atoms with Crippen molar-refractivity contribution in [2.75, 3.05) is 31.3 Å². The SMILES string of the molecule is Cc1cc(-c2cn(C)c(=O)c3cc(C(N)=NC4CCS(=O)(=O)CC4)sc23)ccc1OCC(=O)NCCCCCCCCCC(=O)COc1cccc2c1C(=O)N(C1CCC(=O)NC1=O)C2=O. The number of unbranched alkanes of at least 4 members (excludes halogenated alkanes) is 6. The molecule has 5 heterocycles. The van der Waals surface area contributed by atoms with Crippen LogP contribution >= 0.6 is 11.3 Å². The Bertz CT molecular complexity index is 2760. The number of nitrogens with zero attached hydrogens (tertiary/aromatic N) is 3. The highest BCUT2D eigenvalue weighted by Crippen LogP contribution is 2.36. The van der Waals surface area contributed by atoms with Gasteiger partial charge in [0.1, 0.15) is 39.8 Å². The molecular weight excluding hydrogens is 889 g/mol. The van der Waals surface area contributed by atoms with E-state index >= 15 is 0 Å². The first kappa shape index (κ1) is 47.7. The quantitative estimate of drug-likeness (QED) is 0.0480. The molecule has 2 fully saturated rings. The van der Waals surface area contributed by atoms with Crippen LogP contribution in [-0.2, 0) is 36.1 Å². The number of amidine groups is 1. The molecule has 2 saturated heterocycles. The number of ketones is 1. The Labute approximate surface area is 386 Å². The fourth-order valence-corrected chi connectivity index (χ4v) is 11.0. The van der Waals surface area contributed by atoms with Crippen LogP contribution in [0.3, 0.4) is 0 Å². The molecule has 4 aromatic rings. The minimum Gasteiger partial charge on any atom is -0.485 e. The van der Waals surface area contributed by atoms with Crippen molar-refractivity contribution in [3.05, 3.63) is 80.6 Å². The third kappa shape index (κ3) is 11.2. The number of carbonyl (C=O) groups is 6. The number of aryl methyl sites for hydroxylation is 2. The second-order valence-electron chi connectivity index (χ2n) is 17.0. The summed E-state index contributed by atoms with van der Waals surface area (Å²) < 4.78 is 37.6. The zero-order chi connectivity index (χ0) is 47.1. The van der Waals surface area contributed by atoms with Crippen LogP contribution in [0.1, 0.15) is 108 Å². The predicted octanol–water partition coefficient (Wildman–Crippen LogP) is 4.52. The molecule has 3 aliphatic heterocycles. The highest BCUT2D eigenvalue weighted by atomic mass is 32.2. The molecule has 2 aromatic carbocycles. The lowest BCUT2D eigenvalue weighted by molar-refractivity contribution is -0.136. The number of Topliss-reactive ketones (excluding diaryl/α,β-unsaturated/α-hetero) is 1. The number of ether oxygens (including phenoxy) is 2. The molecule has 4 N–H and O–H groups in total. The summed E-state index contributed by atoms with van der Waals surface area (Å²) in [6.45, 7) is 2.02. The van der Waals surface area contributed by atoms with Gasteiger partial charge in [0.05, 0.1) is 38.9 Å². The molecular formula is C47H54N6O11S2. The molecule has 0 bridgehead atoms. The lowest BCUT2D eigenvalue weighted by Crippen LogP contribution is -2.54. The normalized spacial score (nSPS) is 17.5. The van der Waals surface area contributed by atoms with Crippen molar-refractivity contribution in [3.63, 3.8) is 0 Å². The maximum atomic E-state index is 13.2. The topological polar surface area (TPSA) is 243 Å². The Hall–Kier alpha value is -6.21. The summed E-state index contributed by atoms with van der Waals surface area (Å²) in [6.07, 6.45) is 9.23. The predicted molar refractivity (Wildman–Crippen MR) is 249 cm³/mol. The van der Waals surface area contributed by atoms with E-state index in [-0.39, 0.29) is 83.6 Å². The summed E-state index contributed by atoms with van der Waals surface area (Å²) in [5.74, 6) is -1.71. The van der Waals surface area contributed by atoms with E-state index in [4.69, 9.17) is 15.2 Å². The molecule has 5 amide bonds. The molecule has 1 unspecified atom stereocenters.